The number of carbonyl (C=O) groups excluding carboxylic acids is 1. The summed E-state index contributed by atoms with van der Waals surface area (Å²) in [5.74, 6) is 0.655. The minimum absolute atomic E-state index is 0.135. The van der Waals surface area contributed by atoms with Gasteiger partial charge in [-0.2, -0.15) is 0 Å². The van der Waals surface area contributed by atoms with Crippen LogP contribution in [0.2, 0.25) is 0 Å². The van der Waals surface area contributed by atoms with Gasteiger partial charge in [0.2, 0.25) is 0 Å². The summed E-state index contributed by atoms with van der Waals surface area (Å²) in [6, 6.07) is 14.6. The van der Waals surface area contributed by atoms with Gasteiger partial charge in [0, 0.05) is 12.1 Å². The van der Waals surface area contributed by atoms with Crippen molar-refractivity contribution in [1.29, 1.82) is 0 Å². The van der Waals surface area contributed by atoms with Crippen LogP contribution in [-0.4, -0.2) is 33.2 Å². The molecule has 0 fully saturated rings. The second-order valence-corrected chi connectivity index (χ2v) is 4.83. The number of nitrogens with zero attached hydrogens (tertiary/aromatic N) is 4. The van der Waals surface area contributed by atoms with Crippen LogP contribution in [0.1, 0.15) is 15.9 Å². The van der Waals surface area contributed by atoms with Crippen molar-refractivity contribution in [3.8, 4) is 11.4 Å². The van der Waals surface area contributed by atoms with E-state index in [-0.39, 0.29) is 5.91 Å². The summed E-state index contributed by atoms with van der Waals surface area (Å²) in [6.07, 6.45) is 1.50. The molecule has 23 heavy (non-hydrogen) atoms. The van der Waals surface area contributed by atoms with Crippen molar-refractivity contribution in [2.75, 3.05) is 7.11 Å². The number of ether oxygens (including phenoxy) is 1. The zero-order valence-corrected chi connectivity index (χ0v) is 12.5. The monoisotopic (exact) mass is 309 g/mol. The Morgan fingerprint density at radius 2 is 1.87 bits per heavy atom. The molecule has 116 valence electrons. The summed E-state index contributed by atoms with van der Waals surface area (Å²) in [5.41, 5.74) is 2.38. The van der Waals surface area contributed by atoms with Crippen LogP contribution in [0, 0.1) is 0 Å². The van der Waals surface area contributed by atoms with Gasteiger partial charge in [0.1, 0.15) is 12.1 Å². The predicted molar refractivity (Wildman–Crippen MR) is 83.3 cm³/mol. The zero-order chi connectivity index (χ0) is 16.1. The Kier molecular flexibility index (Phi) is 4.28. The molecule has 0 spiro atoms. The number of aromatic nitrogens is 4. The third-order valence-electron chi connectivity index (χ3n) is 3.36. The second kappa shape index (κ2) is 6.69. The quantitative estimate of drug-likeness (QED) is 0.774. The molecule has 3 rings (SSSR count). The van der Waals surface area contributed by atoms with E-state index in [0.717, 1.165) is 17.0 Å². The van der Waals surface area contributed by atoms with Crippen LogP contribution in [0.25, 0.3) is 5.69 Å². The Morgan fingerprint density at radius 3 is 2.48 bits per heavy atom. The fraction of sp³-hybridized carbons (Fsp3) is 0.125. The molecule has 7 heteroatoms. The van der Waals surface area contributed by atoms with Crippen LogP contribution in [0.5, 0.6) is 5.75 Å². The molecule has 0 atom stereocenters. The van der Waals surface area contributed by atoms with Crippen molar-refractivity contribution < 1.29 is 9.53 Å². The molecule has 0 saturated heterocycles. The lowest BCUT2D eigenvalue weighted by atomic mass is 10.1. The Balaban J connectivity index is 1.61. The van der Waals surface area contributed by atoms with Gasteiger partial charge < -0.3 is 10.1 Å². The third kappa shape index (κ3) is 3.52. The minimum atomic E-state index is -0.135. The molecule has 0 aliphatic heterocycles. The number of hydrogen-bond donors (Lipinski definition) is 1. The number of hydrogen-bond acceptors (Lipinski definition) is 5. The number of methoxy groups -OCH3 is 1. The smallest absolute Gasteiger partial charge is 0.251 e. The highest BCUT2D eigenvalue weighted by Crippen LogP contribution is 2.12. The first-order valence-corrected chi connectivity index (χ1v) is 7.01. The van der Waals surface area contributed by atoms with Crippen molar-refractivity contribution in [1.82, 2.24) is 25.5 Å². The molecule has 0 unspecified atom stereocenters. The van der Waals surface area contributed by atoms with Gasteiger partial charge in [0.05, 0.1) is 12.8 Å². The van der Waals surface area contributed by atoms with E-state index in [2.05, 4.69) is 20.8 Å². The van der Waals surface area contributed by atoms with Gasteiger partial charge in [-0.15, -0.1) is 5.10 Å². The highest BCUT2D eigenvalue weighted by Gasteiger charge is 2.06. The van der Waals surface area contributed by atoms with Gasteiger partial charge in [0.25, 0.3) is 5.91 Å². The Bertz CT molecular complexity index is 767. The first kappa shape index (κ1) is 14.7. The van der Waals surface area contributed by atoms with E-state index < -0.39 is 0 Å². The van der Waals surface area contributed by atoms with Crippen molar-refractivity contribution in [3.05, 3.63) is 66.0 Å². The first-order valence-electron chi connectivity index (χ1n) is 7.01. The van der Waals surface area contributed by atoms with Crippen molar-refractivity contribution in [2.24, 2.45) is 0 Å². The average molecular weight is 309 g/mol. The van der Waals surface area contributed by atoms with Crippen LogP contribution >= 0.6 is 0 Å². The van der Waals surface area contributed by atoms with E-state index in [4.69, 9.17) is 4.74 Å². The third-order valence-corrected chi connectivity index (χ3v) is 3.36. The van der Waals surface area contributed by atoms with E-state index >= 15 is 0 Å². The van der Waals surface area contributed by atoms with Gasteiger partial charge >= 0.3 is 0 Å². The standard InChI is InChI=1S/C16H15N5O2/c1-23-15-8-2-12(3-9-15)10-17-16(22)13-4-6-14(7-5-13)21-11-18-19-20-21/h2-9,11H,10H2,1H3,(H,17,22). The summed E-state index contributed by atoms with van der Waals surface area (Å²) in [6.45, 7) is 0.456. The van der Waals surface area contributed by atoms with Gasteiger partial charge in [-0.3, -0.25) is 4.79 Å². The molecule has 0 radical (unpaired) electrons. The lowest BCUT2D eigenvalue weighted by Crippen LogP contribution is -2.22. The molecule has 0 saturated carbocycles. The normalized spacial score (nSPS) is 10.3. The largest absolute Gasteiger partial charge is 0.497 e. The lowest BCUT2D eigenvalue weighted by molar-refractivity contribution is 0.0951. The van der Waals surface area contributed by atoms with E-state index in [0.29, 0.717) is 12.1 Å². The average Bonchev–Trinajstić information content (AvgIpc) is 3.15. The van der Waals surface area contributed by atoms with Crippen LogP contribution in [0.4, 0.5) is 0 Å². The molecule has 2 aromatic carbocycles. The van der Waals surface area contributed by atoms with E-state index in [1.807, 2.05) is 24.3 Å². The van der Waals surface area contributed by atoms with Crippen LogP contribution in [0.15, 0.2) is 54.9 Å². The highest BCUT2D eigenvalue weighted by atomic mass is 16.5. The van der Waals surface area contributed by atoms with E-state index in [9.17, 15) is 4.79 Å². The number of carbonyl (C=O) groups is 1. The van der Waals surface area contributed by atoms with Crippen molar-refractivity contribution >= 4 is 5.91 Å². The number of benzene rings is 2. The SMILES string of the molecule is COc1ccc(CNC(=O)c2ccc(-n3cnnn3)cc2)cc1. The Morgan fingerprint density at radius 1 is 1.13 bits per heavy atom. The van der Waals surface area contributed by atoms with Crippen LogP contribution < -0.4 is 10.1 Å². The molecular formula is C16H15N5O2. The number of rotatable bonds is 5. The summed E-state index contributed by atoms with van der Waals surface area (Å²) in [4.78, 5) is 12.2. The summed E-state index contributed by atoms with van der Waals surface area (Å²) in [5, 5.41) is 13.8. The molecule has 0 aliphatic rings. The Labute approximate surface area is 132 Å². The number of nitrogens with one attached hydrogen (secondary N) is 1. The molecular weight excluding hydrogens is 294 g/mol. The molecule has 1 heterocycles. The molecule has 7 nitrogen and oxygen atoms in total. The van der Waals surface area contributed by atoms with Crippen LogP contribution in [-0.2, 0) is 6.54 Å². The lowest BCUT2D eigenvalue weighted by Gasteiger charge is -2.07. The minimum Gasteiger partial charge on any atom is -0.497 e. The topological polar surface area (TPSA) is 81.9 Å². The second-order valence-electron chi connectivity index (χ2n) is 4.83. The molecule has 1 N–H and O–H groups in total. The summed E-state index contributed by atoms with van der Waals surface area (Å²) >= 11 is 0. The molecule has 3 aromatic rings. The fourth-order valence-corrected chi connectivity index (χ4v) is 2.07. The number of tetrazole rings is 1. The summed E-state index contributed by atoms with van der Waals surface area (Å²) in [7, 11) is 1.62. The highest BCUT2D eigenvalue weighted by molar-refractivity contribution is 5.94. The molecule has 1 aromatic heterocycles. The van der Waals surface area contributed by atoms with Gasteiger partial charge in [-0.25, -0.2) is 4.68 Å². The molecule has 1 amide bonds. The maximum absolute atomic E-state index is 12.2. The molecule has 0 aliphatic carbocycles. The van der Waals surface area contributed by atoms with E-state index in [1.165, 1.54) is 11.0 Å². The van der Waals surface area contributed by atoms with Gasteiger partial charge in [-0.05, 0) is 52.4 Å². The summed E-state index contributed by atoms with van der Waals surface area (Å²) < 4.78 is 6.63. The fourth-order valence-electron chi connectivity index (χ4n) is 2.07. The van der Waals surface area contributed by atoms with Crippen LogP contribution in [0.3, 0.4) is 0 Å². The number of amides is 1. The zero-order valence-electron chi connectivity index (χ0n) is 12.5. The van der Waals surface area contributed by atoms with Gasteiger partial charge in [0.15, 0.2) is 0 Å². The van der Waals surface area contributed by atoms with E-state index in [1.54, 1.807) is 31.4 Å². The maximum atomic E-state index is 12.2. The van der Waals surface area contributed by atoms with Gasteiger partial charge in [-0.1, -0.05) is 12.1 Å². The van der Waals surface area contributed by atoms with Crippen molar-refractivity contribution in [3.63, 3.8) is 0 Å². The predicted octanol–water partition coefficient (Wildman–Crippen LogP) is 1.60. The Hall–Kier alpha value is -3.22. The van der Waals surface area contributed by atoms with Crippen molar-refractivity contribution in [2.45, 2.75) is 6.54 Å². The molecule has 0 bridgehead atoms. The first-order chi connectivity index (χ1) is 11.3. The maximum Gasteiger partial charge on any atom is 0.251 e.